The average molecular weight is 348 g/mol. The molecular weight excluding hydrogens is 324 g/mol. The second-order valence-electron chi connectivity index (χ2n) is 6.41. The summed E-state index contributed by atoms with van der Waals surface area (Å²) >= 11 is 0. The van der Waals surface area contributed by atoms with Crippen LogP contribution in [-0.2, 0) is 21.3 Å². The van der Waals surface area contributed by atoms with Gasteiger partial charge in [-0.2, -0.15) is 0 Å². The molecule has 0 aromatic carbocycles. The van der Waals surface area contributed by atoms with Crippen molar-refractivity contribution in [3.8, 4) is 0 Å². The van der Waals surface area contributed by atoms with Gasteiger partial charge in [0.05, 0.1) is 31.2 Å². The minimum absolute atomic E-state index is 0.0180. The number of amides is 1. The molecule has 2 aliphatic rings. The van der Waals surface area contributed by atoms with E-state index in [1.54, 1.807) is 35.5 Å². The van der Waals surface area contributed by atoms with Gasteiger partial charge in [0.25, 0.3) is 11.5 Å². The van der Waals surface area contributed by atoms with Crippen LogP contribution in [0.1, 0.15) is 12.8 Å². The summed E-state index contributed by atoms with van der Waals surface area (Å²) in [6.45, 7) is 2.71. The zero-order valence-corrected chi connectivity index (χ0v) is 14.7. The Hall–Kier alpha value is -2.35. The van der Waals surface area contributed by atoms with Gasteiger partial charge in [0.15, 0.2) is 5.82 Å². The summed E-state index contributed by atoms with van der Waals surface area (Å²) in [5.41, 5.74) is 0.567. The Morgan fingerprint density at radius 1 is 1.44 bits per heavy atom. The molecule has 1 atom stereocenters. The maximum Gasteiger partial charge on any atom is 0.293 e. The molecule has 136 valence electrons. The standard InChI is InChI=1S/C17H24N4O4/c1-19-6-5-18-15(17(19)23)20(2)10-14-11-21(7-9-25-14)16(22)13-4-3-8-24-12-13/h5-6,12,14H,3-4,7-11H2,1-2H3/t14-/m1/s1. The third-order valence-corrected chi connectivity index (χ3v) is 4.47. The van der Waals surface area contributed by atoms with Gasteiger partial charge in [-0.3, -0.25) is 9.59 Å². The fourth-order valence-electron chi connectivity index (χ4n) is 3.08. The number of nitrogens with zero attached hydrogens (tertiary/aromatic N) is 4. The molecule has 0 spiro atoms. The first-order valence-corrected chi connectivity index (χ1v) is 8.50. The van der Waals surface area contributed by atoms with Crippen molar-refractivity contribution in [3.05, 3.63) is 34.6 Å². The molecule has 1 saturated heterocycles. The van der Waals surface area contributed by atoms with Crippen molar-refractivity contribution in [2.45, 2.75) is 18.9 Å². The summed E-state index contributed by atoms with van der Waals surface area (Å²) in [6, 6.07) is 0. The number of hydrogen-bond acceptors (Lipinski definition) is 6. The van der Waals surface area contributed by atoms with Crippen molar-refractivity contribution in [2.24, 2.45) is 7.05 Å². The highest BCUT2D eigenvalue weighted by Crippen LogP contribution is 2.17. The predicted molar refractivity (Wildman–Crippen MR) is 92.3 cm³/mol. The summed E-state index contributed by atoms with van der Waals surface area (Å²) in [6.07, 6.45) is 6.26. The number of morpholine rings is 1. The minimum Gasteiger partial charge on any atom is -0.501 e. The number of anilines is 1. The number of aryl methyl sites for hydroxylation is 1. The highest BCUT2D eigenvalue weighted by atomic mass is 16.5. The van der Waals surface area contributed by atoms with E-state index >= 15 is 0 Å². The van der Waals surface area contributed by atoms with Gasteiger partial charge in [0.2, 0.25) is 0 Å². The van der Waals surface area contributed by atoms with Gasteiger partial charge in [0.1, 0.15) is 0 Å². The zero-order valence-electron chi connectivity index (χ0n) is 14.7. The van der Waals surface area contributed by atoms with Crippen molar-refractivity contribution < 1.29 is 14.3 Å². The van der Waals surface area contributed by atoms with Gasteiger partial charge < -0.3 is 23.8 Å². The molecule has 0 saturated carbocycles. The van der Waals surface area contributed by atoms with E-state index in [9.17, 15) is 9.59 Å². The Morgan fingerprint density at radius 3 is 3.04 bits per heavy atom. The summed E-state index contributed by atoms with van der Waals surface area (Å²) < 4.78 is 12.6. The number of rotatable bonds is 4. The summed E-state index contributed by atoms with van der Waals surface area (Å²) in [4.78, 5) is 32.5. The lowest BCUT2D eigenvalue weighted by molar-refractivity contribution is -0.134. The van der Waals surface area contributed by atoms with Crippen LogP contribution in [0.2, 0.25) is 0 Å². The van der Waals surface area contributed by atoms with Crippen LogP contribution in [-0.4, -0.2) is 66.4 Å². The SMILES string of the molecule is CN(C[C@@H]1CN(C(=O)C2=COCCC2)CCO1)c1nccn(C)c1=O. The molecule has 8 nitrogen and oxygen atoms in total. The van der Waals surface area contributed by atoms with E-state index in [0.29, 0.717) is 38.7 Å². The van der Waals surface area contributed by atoms with Crippen molar-refractivity contribution in [1.29, 1.82) is 0 Å². The lowest BCUT2D eigenvalue weighted by Crippen LogP contribution is -2.50. The summed E-state index contributed by atoms with van der Waals surface area (Å²) in [7, 11) is 3.50. The molecule has 1 aromatic rings. The number of aromatic nitrogens is 2. The Kier molecular flexibility index (Phi) is 5.37. The van der Waals surface area contributed by atoms with Gasteiger partial charge in [-0.05, 0) is 12.8 Å². The second-order valence-corrected chi connectivity index (χ2v) is 6.41. The smallest absolute Gasteiger partial charge is 0.293 e. The zero-order chi connectivity index (χ0) is 17.8. The van der Waals surface area contributed by atoms with Gasteiger partial charge in [0, 0.05) is 46.1 Å². The quantitative estimate of drug-likeness (QED) is 0.770. The average Bonchev–Trinajstić information content (AvgIpc) is 2.64. The Bertz CT molecular complexity index is 715. The lowest BCUT2D eigenvalue weighted by atomic mass is 10.1. The highest BCUT2D eigenvalue weighted by molar-refractivity contribution is 5.93. The third kappa shape index (κ3) is 4.01. The van der Waals surface area contributed by atoms with Crippen molar-refractivity contribution in [2.75, 3.05) is 44.8 Å². The van der Waals surface area contributed by atoms with E-state index in [4.69, 9.17) is 9.47 Å². The maximum atomic E-state index is 12.6. The first-order valence-electron chi connectivity index (χ1n) is 8.50. The predicted octanol–water partition coefficient (Wildman–Crippen LogP) is 0.138. The van der Waals surface area contributed by atoms with Crippen LogP contribution in [0.5, 0.6) is 0 Å². The van der Waals surface area contributed by atoms with Crippen LogP contribution in [0.25, 0.3) is 0 Å². The van der Waals surface area contributed by atoms with Crippen molar-refractivity contribution >= 4 is 11.7 Å². The number of ether oxygens (including phenoxy) is 2. The van der Waals surface area contributed by atoms with Crippen molar-refractivity contribution in [3.63, 3.8) is 0 Å². The van der Waals surface area contributed by atoms with Gasteiger partial charge in [-0.15, -0.1) is 0 Å². The van der Waals surface area contributed by atoms with E-state index in [-0.39, 0.29) is 17.6 Å². The van der Waals surface area contributed by atoms with Crippen molar-refractivity contribution in [1.82, 2.24) is 14.5 Å². The third-order valence-electron chi connectivity index (χ3n) is 4.47. The summed E-state index contributed by atoms with van der Waals surface area (Å²) in [5, 5.41) is 0. The molecule has 1 fully saturated rings. The monoisotopic (exact) mass is 348 g/mol. The van der Waals surface area contributed by atoms with Crippen LogP contribution >= 0.6 is 0 Å². The Balaban J connectivity index is 1.63. The molecule has 3 rings (SSSR count). The molecule has 2 aliphatic heterocycles. The van der Waals surface area contributed by atoms with E-state index in [2.05, 4.69) is 4.98 Å². The van der Waals surface area contributed by atoms with E-state index in [0.717, 1.165) is 18.4 Å². The topological polar surface area (TPSA) is 76.9 Å². The van der Waals surface area contributed by atoms with Gasteiger partial charge >= 0.3 is 0 Å². The molecule has 0 N–H and O–H groups in total. The van der Waals surface area contributed by atoms with E-state index in [1.165, 1.54) is 4.57 Å². The first-order chi connectivity index (χ1) is 12.1. The van der Waals surface area contributed by atoms with Gasteiger partial charge in [-0.1, -0.05) is 0 Å². The normalized spacial score (nSPS) is 20.6. The van der Waals surface area contributed by atoms with Gasteiger partial charge in [-0.25, -0.2) is 4.98 Å². The molecule has 0 bridgehead atoms. The Labute approximate surface area is 146 Å². The lowest BCUT2D eigenvalue weighted by Gasteiger charge is -2.35. The largest absolute Gasteiger partial charge is 0.501 e. The number of likely N-dealkylation sites (N-methyl/N-ethyl adjacent to an activating group) is 1. The highest BCUT2D eigenvalue weighted by Gasteiger charge is 2.28. The molecule has 1 aromatic heterocycles. The molecule has 3 heterocycles. The number of carbonyl (C=O) groups excluding carboxylic acids is 1. The minimum atomic E-state index is -0.167. The molecule has 0 unspecified atom stereocenters. The molecular formula is C17H24N4O4. The van der Waals surface area contributed by atoms with Crippen LogP contribution in [0.4, 0.5) is 5.82 Å². The van der Waals surface area contributed by atoms with E-state index in [1.807, 2.05) is 7.05 Å². The van der Waals surface area contributed by atoms with Crippen LogP contribution in [0.3, 0.4) is 0 Å². The molecule has 8 heteroatoms. The number of hydrogen-bond donors (Lipinski definition) is 0. The van der Waals surface area contributed by atoms with Crippen LogP contribution < -0.4 is 10.5 Å². The molecule has 0 aliphatic carbocycles. The molecule has 1 amide bonds. The van der Waals surface area contributed by atoms with Crippen LogP contribution in [0, 0.1) is 0 Å². The molecule has 0 radical (unpaired) electrons. The first kappa shape index (κ1) is 17.5. The van der Waals surface area contributed by atoms with E-state index < -0.39 is 0 Å². The Morgan fingerprint density at radius 2 is 2.28 bits per heavy atom. The number of carbonyl (C=O) groups is 1. The van der Waals surface area contributed by atoms with Crippen LogP contribution in [0.15, 0.2) is 29.0 Å². The fourth-order valence-corrected chi connectivity index (χ4v) is 3.08. The maximum absolute atomic E-state index is 12.6. The molecule has 25 heavy (non-hydrogen) atoms. The summed E-state index contributed by atoms with van der Waals surface area (Å²) in [5.74, 6) is 0.393. The fraction of sp³-hybridized carbons (Fsp3) is 0.588. The second kappa shape index (κ2) is 7.69.